The maximum atomic E-state index is 13.9. The Morgan fingerprint density at radius 2 is 1.81 bits per heavy atom. The maximum Gasteiger partial charge on any atom is 0.165 e. The minimum absolute atomic E-state index is 0. The summed E-state index contributed by atoms with van der Waals surface area (Å²) < 4.78 is 32.8. The molecule has 1 heterocycles. The smallest absolute Gasteiger partial charge is 0.165 e. The summed E-state index contributed by atoms with van der Waals surface area (Å²) in [5.41, 5.74) is 0.552. The minimum atomic E-state index is -0.334. The van der Waals surface area contributed by atoms with Gasteiger partial charge in [-0.25, -0.2) is 18.8 Å². The molecule has 1 saturated heterocycles. The Kier molecular flexibility index (Phi) is 12.1. The number of rotatable bonds is 9. The Labute approximate surface area is 201 Å². The van der Waals surface area contributed by atoms with Crippen LogP contribution in [0, 0.1) is 11.6 Å². The maximum absolute atomic E-state index is 13.9. The number of ether oxygens (including phenoxy) is 1. The van der Waals surface area contributed by atoms with Crippen LogP contribution in [0.2, 0.25) is 0 Å². The van der Waals surface area contributed by atoms with Gasteiger partial charge in [-0.05, 0) is 55.7 Å². The lowest BCUT2D eigenvalue weighted by Gasteiger charge is -2.43. The van der Waals surface area contributed by atoms with E-state index in [1.165, 1.54) is 30.3 Å². The number of hydrazine groups is 1. The highest BCUT2D eigenvalue weighted by molar-refractivity contribution is 5.95. The highest BCUT2D eigenvalue weighted by Gasteiger charge is 2.31. The van der Waals surface area contributed by atoms with Crippen LogP contribution in [0.5, 0.6) is 5.75 Å². The van der Waals surface area contributed by atoms with E-state index < -0.39 is 0 Å². The van der Waals surface area contributed by atoms with Crippen LogP contribution in [-0.4, -0.2) is 48.1 Å². The zero-order valence-corrected chi connectivity index (χ0v) is 20.1. The van der Waals surface area contributed by atoms with Crippen molar-refractivity contribution >= 4 is 30.6 Å². The standard InChI is InChI=1S/C24H30F2N2O2.2ClH/c1-3-20-17-21(30-24-9-5-4-7-22(24)26)14-16-28(20)27(2)15-6-8-23(29)18-10-12-19(25)13-11-18;;/h4-5,7,9-13,20-21H,3,6,8,14-17H2,1-2H3;2*1H. The summed E-state index contributed by atoms with van der Waals surface area (Å²) in [6.45, 7) is 3.75. The first kappa shape index (κ1) is 28.3. The SMILES string of the molecule is CCC1CC(Oc2ccccc2F)CCN1N(C)CCCC(=O)c1ccc(F)cc1.Cl.Cl. The van der Waals surface area contributed by atoms with Crippen molar-refractivity contribution < 1.29 is 18.3 Å². The number of nitrogens with zero attached hydrogens (tertiary/aromatic N) is 2. The van der Waals surface area contributed by atoms with Crippen molar-refractivity contribution in [2.45, 2.75) is 51.2 Å². The zero-order chi connectivity index (χ0) is 21.5. The molecule has 32 heavy (non-hydrogen) atoms. The molecular weight excluding hydrogens is 457 g/mol. The van der Waals surface area contributed by atoms with E-state index in [1.54, 1.807) is 18.2 Å². The van der Waals surface area contributed by atoms with E-state index in [-0.39, 0.29) is 48.3 Å². The number of carbonyl (C=O) groups is 1. The molecule has 0 bridgehead atoms. The largest absolute Gasteiger partial charge is 0.487 e. The van der Waals surface area contributed by atoms with Gasteiger partial charge in [-0.2, -0.15) is 0 Å². The summed E-state index contributed by atoms with van der Waals surface area (Å²) >= 11 is 0. The Balaban J connectivity index is 0.00000256. The van der Waals surface area contributed by atoms with Crippen LogP contribution in [0.25, 0.3) is 0 Å². The summed E-state index contributed by atoms with van der Waals surface area (Å²) in [6.07, 6.45) is 3.79. The van der Waals surface area contributed by atoms with E-state index >= 15 is 0 Å². The quantitative estimate of drug-likeness (QED) is 0.408. The molecule has 3 rings (SSSR count). The third-order valence-corrected chi connectivity index (χ3v) is 5.73. The van der Waals surface area contributed by atoms with Crippen LogP contribution in [-0.2, 0) is 0 Å². The predicted molar refractivity (Wildman–Crippen MR) is 128 cm³/mol. The second-order valence-corrected chi connectivity index (χ2v) is 7.83. The fourth-order valence-electron chi connectivity index (χ4n) is 4.03. The molecule has 1 fully saturated rings. The number of hydrogen-bond acceptors (Lipinski definition) is 4. The molecule has 4 nitrogen and oxygen atoms in total. The van der Waals surface area contributed by atoms with Crippen LogP contribution < -0.4 is 4.74 Å². The van der Waals surface area contributed by atoms with Gasteiger partial charge in [0.15, 0.2) is 17.3 Å². The Morgan fingerprint density at radius 3 is 2.47 bits per heavy atom. The van der Waals surface area contributed by atoms with Gasteiger partial charge in [-0.3, -0.25) is 4.79 Å². The molecular formula is C24H32Cl2F2N2O2. The third-order valence-electron chi connectivity index (χ3n) is 5.73. The van der Waals surface area contributed by atoms with Gasteiger partial charge in [-0.15, -0.1) is 24.8 Å². The molecule has 0 saturated carbocycles. The predicted octanol–water partition coefficient (Wildman–Crippen LogP) is 5.94. The number of halogens is 4. The van der Waals surface area contributed by atoms with E-state index in [1.807, 2.05) is 7.05 Å². The van der Waals surface area contributed by atoms with Crippen molar-refractivity contribution in [1.29, 1.82) is 0 Å². The summed E-state index contributed by atoms with van der Waals surface area (Å²) in [6, 6.07) is 12.6. The fraction of sp³-hybridized carbons (Fsp3) is 0.458. The molecule has 0 radical (unpaired) electrons. The number of ketones is 1. The Bertz CT molecular complexity index is 839. The van der Waals surface area contributed by atoms with Gasteiger partial charge in [0.25, 0.3) is 0 Å². The zero-order valence-electron chi connectivity index (χ0n) is 18.5. The normalized spacial score (nSPS) is 18.5. The third kappa shape index (κ3) is 7.69. The van der Waals surface area contributed by atoms with E-state index in [0.29, 0.717) is 23.8 Å². The van der Waals surface area contributed by atoms with Crippen LogP contribution in [0.15, 0.2) is 48.5 Å². The van der Waals surface area contributed by atoms with Gasteiger partial charge < -0.3 is 4.74 Å². The number of Topliss-reactive ketones (excluding diaryl/α,β-unsaturated/α-hetero) is 1. The molecule has 0 N–H and O–H groups in total. The van der Waals surface area contributed by atoms with Crippen molar-refractivity contribution in [3.63, 3.8) is 0 Å². The van der Waals surface area contributed by atoms with Crippen molar-refractivity contribution in [2.75, 3.05) is 20.1 Å². The number of benzene rings is 2. The molecule has 2 aromatic carbocycles. The molecule has 0 aliphatic carbocycles. The van der Waals surface area contributed by atoms with Gasteiger partial charge in [0.05, 0.1) is 0 Å². The highest BCUT2D eigenvalue weighted by Crippen LogP contribution is 2.27. The van der Waals surface area contributed by atoms with Crippen LogP contribution in [0.1, 0.15) is 49.4 Å². The van der Waals surface area contributed by atoms with E-state index in [0.717, 1.165) is 38.8 Å². The van der Waals surface area contributed by atoms with E-state index in [2.05, 4.69) is 16.9 Å². The molecule has 0 aromatic heterocycles. The molecule has 2 atom stereocenters. The molecule has 1 aliphatic rings. The lowest BCUT2D eigenvalue weighted by Crippen LogP contribution is -2.53. The number of carbonyl (C=O) groups excluding carboxylic acids is 1. The van der Waals surface area contributed by atoms with Crippen molar-refractivity contribution in [2.24, 2.45) is 0 Å². The first-order chi connectivity index (χ1) is 14.5. The molecule has 8 heteroatoms. The van der Waals surface area contributed by atoms with Crippen LogP contribution in [0.4, 0.5) is 8.78 Å². The van der Waals surface area contributed by atoms with E-state index in [9.17, 15) is 13.6 Å². The first-order valence-electron chi connectivity index (χ1n) is 10.7. The molecule has 0 spiro atoms. The van der Waals surface area contributed by atoms with Gasteiger partial charge >= 0.3 is 0 Å². The van der Waals surface area contributed by atoms with Crippen molar-refractivity contribution in [1.82, 2.24) is 10.0 Å². The Morgan fingerprint density at radius 1 is 1.12 bits per heavy atom. The lowest BCUT2D eigenvalue weighted by atomic mass is 9.98. The Hall–Kier alpha value is -1.73. The summed E-state index contributed by atoms with van der Waals surface area (Å²) in [5, 5.41) is 4.52. The monoisotopic (exact) mass is 488 g/mol. The fourth-order valence-corrected chi connectivity index (χ4v) is 4.03. The summed E-state index contributed by atoms with van der Waals surface area (Å²) in [4.78, 5) is 12.3. The topological polar surface area (TPSA) is 32.8 Å². The average Bonchev–Trinajstić information content (AvgIpc) is 2.75. The molecule has 0 amide bonds. The van der Waals surface area contributed by atoms with Gasteiger partial charge in [0.2, 0.25) is 0 Å². The molecule has 2 unspecified atom stereocenters. The number of piperidine rings is 1. The van der Waals surface area contributed by atoms with Gasteiger partial charge in [-0.1, -0.05) is 19.1 Å². The minimum Gasteiger partial charge on any atom is -0.487 e. The van der Waals surface area contributed by atoms with E-state index in [4.69, 9.17) is 4.74 Å². The van der Waals surface area contributed by atoms with Crippen molar-refractivity contribution in [3.05, 3.63) is 65.7 Å². The molecule has 1 aliphatic heterocycles. The molecule has 178 valence electrons. The number of para-hydroxylation sites is 1. The first-order valence-corrected chi connectivity index (χ1v) is 10.7. The summed E-state index contributed by atoms with van der Waals surface area (Å²) in [5.74, 6) is -0.305. The second kappa shape index (κ2) is 13.7. The highest BCUT2D eigenvalue weighted by atomic mass is 35.5. The second-order valence-electron chi connectivity index (χ2n) is 7.83. The van der Waals surface area contributed by atoms with Crippen LogP contribution >= 0.6 is 24.8 Å². The van der Waals surface area contributed by atoms with Crippen molar-refractivity contribution in [3.8, 4) is 5.75 Å². The van der Waals surface area contributed by atoms with Gasteiger partial charge in [0.1, 0.15) is 11.9 Å². The average molecular weight is 489 g/mol. The van der Waals surface area contributed by atoms with Crippen LogP contribution in [0.3, 0.4) is 0 Å². The number of hydrogen-bond donors (Lipinski definition) is 0. The summed E-state index contributed by atoms with van der Waals surface area (Å²) in [7, 11) is 2.04. The molecule has 2 aromatic rings. The lowest BCUT2D eigenvalue weighted by molar-refractivity contribution is -0.0840. The van der Waals surface area contributed by atoms with Gasteiger partial charge in [0, 0.05) is 44.6 Å².